The lowest BCUT2D eigenvalue weighted by Crippen LogP contribution is -2.00. The highest BCUT2D eigenvalue weighted by Gasteiger charge is 2.11. The summed E-state index contributed by atoms with van der Waals surface area (Å²) in [5.74, 6) is 0.758. The first kappa shape index (κ1) is 18.1. The van der Waals surface area contributed by atoms with Crippen LogP contribution in [0.2, 0.25) is 0 Å². The molecule has 0 aliphatic heterocycles. The Kier molecular flexibility index (Phi) is 4.52. The number of rotatable bonds is 5. The van der Waals surface area contributed by atoms with Crippen molar-refractivity contribution in [3.8, 4) is 22.7 Å². The molecule has 3 aromatic carbocycles. The van der Waals surface area contributed by atoms with Gasteiger partial charge in [-0.3, -0.25) is 0 Å². The van der Waals surface area contributed by atoms with Crippen LogP contribution >= 0.6 is 0 Å². The molecule has 2 aromatic heterocycles. The number of hydrogen-bond acceptors (Lipinski definition) is 4. The molecule has 0 radical (unpaired) electrons. The number of methoxy groups -OCH3 is 1. The predicted molar refractivity (Wildman–Crippen MR) is 117 cm³/mol. The summed E-state index contributed by atoms with van der Waals surface area (Å²) in [6.07, 6.45) is 5.72. The highest BCUT2D eigenvalue weighted by atomic mass is 16.5. The monoisotopic (exact) mass is 395 g/mol. The van der Waals surface area contributed by atoms with E-state index in [0.29, 0.717) is 6.54 Å². The van der Waals surface area contributed by atoms with Crippen molar-refractivity contribution in [2.75, 3.05) is 7.11 Å². The topological polar surface area (TPSA) is 57.8 Å². The Hall–Kier alpha value is -3.93. The quantitative estimate of drug-likeness (QED) is 0.435. The van der Waals surface area contributed by atoms with E-state index in [4.69, 9.17) is 4.74 Å². The van der Waals surface area contributed by atoms with Crippen LogP contribution in [0.1, 0.15) is 11.3 Å². The molecule has 0 unspecified atom stereocenters. The van der Waals surface area contributed by atoms with E-state index >= 15 is 0 Å². The summed E-state index contributed by atoms with van der Waals surface area (Å²) in [7, 11) is 1.67. The van der Waals surface area contributed by atoms with Gasteiger partial charge in [-0.05, 0) is 41.5 Å². The normalized spacial score (nSPS) is 11.1. The van der Waals surface area contributed by atoms with Gasteiger partial charge in [0.05, 0.1) is 37.6 Å². The molecule has 0 bridgehead atoms. The molecule has 0 saturated heterocycles. The molecule has 0 spiro atoms. The number of aryl methyl sites for hydroxylation is 1. The Morgan fingerprint density at radius 1 is 0.933 bits per heavy atom. The summed E-state index contributed by atoms with van der Waals surface area (Å²) in [6, 6.07) is 20.8. The summed E-state index contributed by atoms with van der Waals surface area (Å²) in [6.45, 7) is 2.63. The minimum atomic E-state index is 0.668. The molecule has 0 fully saturated rings. The predicted octanol–water partition coefficient (Wildman–Crippen LogP) is 4.65. The second-order valence-corrected chi connectivity index (χ2v) is 7.29. The van der Waals surface area contributed by atoms with Crippen molar-refractivity contribution < 1.29 is 4.74 Å². The lowest BCUT2D eigenvalue weighted by atomic mass is 10.1. The van der Waals surface area contributed by atoms with Gasteiger partial charge in [0, 0.05) is 11.8 Å². The van der Waals surface area contributed by atoms with E-state index in [1.165, 1.54) is 16.3 Å². The average molecular weight is 395 g/mol. The molecule has 30 heavy (non-hydrogen) atoms. The van der Waals surface area contributed by atoms with Crippen molar-refractivity contribution in [2.24, 2.45) is 0 Å². The van der Waals surface area contributed by atoms with Gasteiger partial charge in [-0.25, -0.2) is 9.67 Å². The molecule has 2 heterocycles. The van der Waals surface area contributed by atoms with Gasteiger partial charge in [0.15, 0.2) is 0 Å². The van der Waals surface area contributed by atoms with Crippen LogP contribution in [0.3, 0.4) is 0 Å². The summed E-state index contributed by atoms with van der Waals surface area (Å²) < 4.78 is 9.42. The van der Waals surface area contributed by atoms with Crippen LogP contribution in [-0.4, -0.2) is 31.7 Å². The van der Waals surface area contributed by atoms with Gasteiger partial charge in [-0.1, -0.05) is 47.7 Å². The molecule has 6 nitrogen and oxygen atoms in total. The van der Waals surface area contributed by atoms with Crippen molar-refractivity contribution in [3.05, 3.63) is 90.6 Å². The van der Waals surface area contributed by atoms with Crippen LogP contribution in [0.25, 0.3) is 27.7 Å². The average Bonchev–Trinajstić information content (AvgIpc) is 3.42. The van der Waals surface area contributed by atoms with Crippen molar-refractivity contribution in [3.63, 3.8) is 0 Å². The second-order valence-electron chi connectivity index (χ2n) is 7.29. The van der Waals surface area contributed by atoms with Crippen LogP contribution in [-0.2, 0) is 6.54 Å². The number of hydrogen-bond donors (Lipinski definition) is 0. The number of nitrogens with zero attached hydrogens (tertiary/aromatic N) is 5. The van der Waals surface area contributed by atoms with Crippen molar-refractivity contribution >= 4 is 10.8 Å². The van der Waals surface area contributed by atoms with E-state index in [9.17, 15) is 0 Å². The molecule has 5 aromatic rings. The van der Waals surface area contributed by atoms with Crippen molar-refractivity contribution in [2.45, 2.75) is 13.5 Å². The zero-order valence-corrected chi connectivity index (χ0v) is 16.9. The van der Waals surface area contributed by atoms with Gasteiger partial charge in [0.1, 0.15) is 11.4 Å². The molecule has 148 valence electrons. The molecule has 6 heteroatoms. The Labute approximate surface area is 174 Å². The third-order valence-electron chi connectivity index (χ3n) is 5.16. The highest BCUT2D eigenvalue weighted by Crippen LogP contribution is 2.29. The molecule has 0 N–H and O–H groups in total. The molecule has 0 amide bonds. The Balaban J connectivity index is 1.41. The van der Waals surface area contributed by atoms with Crippen LogP contribution in [0.15, 0.2) is 79.4 Å². The van der Waals surface area contributed by atoms with Crippen LogP contribution in [0.4, 0.5) is 0 Å². The van der Waals surface area contributed by atoms with Gasteiger partial charge in [-0.2, -0.15) is 0 Å². The fourth-order valence-corrected chi connectivity index (χ4v) is 3.64. The summed E-state index contributed by atoms with van der Waals surface area (Å²) in [5.41, 5.74) is 4.84. The largest absolute Gasteiger partial charge is 0.495 e. The number of aromatic nitrogens is 5. The van der Waals surface area contributed by atoms with E-state index < -0.39 is 0 Å². The first-order chi connectivity index (χ1) is 14.7. The minimum Gasteiger partial charge on any atom is -0.495 e. The maximum absolute atomic E-state index is 5.61. The molecule has 5 rings (SSSR count). The maximum Gasteiger partial charge on any atom is 0.143 e. The molecule has 0 atom stereocenters. The number of benzene rings is 3. The lowest BCUT2D eigenvalue weighted by molar-refractivity contribution is 0.413. The molecular weight excluding hydrogens is 374 g/mol. The molecule has 0 aliphatic rings. The smallest absolute Gasteiger partial charge is 0.143 e. The first-order valence-corrected chi connectivity index (χ1v) is 9.77. The first-order valence-electron chi connectivity index (χ1n) is 9.77. The fraction of sp³-hybridized carbons (Fsp3) is 0.125. The zero-order chi connectivity index (χ0) is 20.5. The highest BCUT2D eigenvalue weighted by molar-refractivity contribution is 5.83. The summed E-state index contributed by atoms with van der Waals surface area (Å²) in [4.78, 5) is 4.29. The van der Waals surface area contributed by atoms with Crippen LogP contribution < -0.4 is 4.74 Å². The Bertz CT molecular complexity index is 1330. The zero-order valence-electron chi connectivity index (χ0n) is 16.9. The van der Waals surface area contributed by atoms with Gasteiger partial charge >= 0.3 is 0 Å². The van der Waals surface area contributed by atoms with Gasteiger partial charge < -0.3 is 9.30 Å². The van der Waals surface area contributed by atoms with Gasteiger partial charge in [0.2, 0.25) is 0 Å². The summed E-state index contributed by atoms with van der Waals surface area (Å²) >= 11 is 0. The second kappa shape index (κ2) is 7.48. The SMILES string of the molecule is COc1cc(-c2cn(Cc3ccc4ccccc4c3)nn2)ccc1-n1cnc(C)c1. The van der Waals surface area contributed by atoms with Gasteiger partial charge in [0.25, 0.3) is 0 Å². The molecular formula is C24H21N5O. The van der Waals surface area contributed by atoms with E-state index in [2.05, 4.69) is 57.8 Å². The van der Waals surface area contributed by atoms with Gasteiger partial charge in [-0.15, -0.1) is 5.10 Å². The van der Waals surface area contributed by atoms with Crippen LogP contribution in [0, 0.1) is 6.92 Å². The molecule has 0 saturated carbocycles. The summed E-state index contributed by atoms with van der Waals surface area (Å²) in [5, 5.41) is 11.1. The Morgan fingerprint density at radius 2 is 1.80 bits per heavy atom. The number of ether oxygens (including phenoxy) is 1. The lowest BCUT2D eigenvalue weighted by Gasteiger charge is -2.10. The van der Waals surface area contributed by atoms with Crippen molar-refractivity contribution in [1.29, 1.82) is 0 Å². The van der Waals surface area contributed by atoms with E-state index in [0.717, 1.165) is 28.4 Å². The third kappa shape index (κ3) is 3.43. The minimum absolute atomic E-state index is 0.668. The van der Waals surface area contributed by atoms with E-state index in [-0.39, 0.29) is 0 Å². The maximum atomic E-state index is 5.61. The van der Waals surface area contributed by atoms with Crippen molar-refractivity contribution in [1.82, 2.24) is 24.5 Å². The van der Waals surface area contributed by atoms with Crippen LogP contribution in [0.5, 0.6) is 5.75 Å². The molecule has 0 aliphatic carbocycles. The number of imidazole rings is 1. The Morgan fingerprint density at radius 3 is 2.60 bits per heavy atom. The third-order valence-corrected chi connectivity index (χ3v) is 5.16. The van der Waals surface area contributed by atoms with E-state index in [1.807, 2.05) is 46.8 Å². The van der Waals surface area contributed by atoms with E-state index in [1.54, 1.807) is 13.4 Å². The fourth-order valence-electron chi connectivity index (χ4n) is 3.64. The number of fused-ring (bicyclic) bond motifs is 1. The standard InChI is InChI=1S/C24H21N5O/c1-17-13-28(16-25-17)23-10-9-21(12-24(23)30-2)22-15-29(27-26-22)14-18-7-8-19-5-3-4-6-20(19)11-18/h3-13,15-16H,14H2,1-2H3.